The molecular weight excluding hydrogens is 436 g/mol. The van der Waals surface area contributed by atoms with Crippen LogP contribution in [-0.4, -0.2) is 31.6 Å². The summed E-state index contributed by atoms with van der Waals surface area (Å²) in [4.78, 5) is 52.8. The Morgan fingerprint density at radius 3 is 1.64 bits per heavy atom. The summed E-state index contributed by atoms with van der Waals surface area (Å²) in [7, 11) is 0. The lowest BCUT2D eigenvalue weighted by atomic mass is 10.1. The molecule has 3 aromatic rings. The van der Waals surface area contributed by atoms with E-state index < -0.39 is 27.3 Å². The van der Waals surface area contributed by atoms with E-state index in [4.69, 9.17) is 0 Å². The van der Waals surface area contributed by atoms with Crippen molar-refractivity contribution < 1.29 is 19.4 Å². The summed E-state index contributed by atoms with van der Waals surface area (Å²) in [5.74, 6) is -1.97. The lowest BCUT2D eigenvalue weighted by Crippen LogP contribution is -2.32. The lowest BCUT2D eigenvalue weighted by Gasteiger charge is -2.11. The Bertz CT molecular complexity index is 1210. The number of nitro benzene ring substituents is 1. The third-order valence-electron chi connectivity index (χ3n) is 4.25. The van der Waals surface area contributed by atoms with Crippen molar-refractivity contribution in [2.45, 2.75) is 6.92 Å². The quantitative estimate of drug-likeness (QED) is 0.290. The molecule has 0 atom stereocenters. The van der Waals surface area contributed by atoms with E-state index in [1.165, 1.54) is 12.1 Å². The maximum Gasteiger partial charge on any atom is 0.356 e. The molecule has 168 valence electrons. The molecule has 0 unspecified atom stereocenters. The largest absolute Gasteiger partial charge is 0.356 e. The first-order valence-electron chi connectivity index (χ1n) is 9.19. The molecule has 3 rings (SSSR count). The molecule has 1 aromatic heterocycles. The number of nitro groups is 2. The number of nitrogens with zero attached hydrogens (tertiary/aromatic N) is 4. The minimum atomic E-state index is -0.805. The SMILES string of the molecule is Cc1ccc(C(=O)NNc2ncnc(NNC(=O)c3ccc([N+](=O)[O-])cc3)c2[N+](=O)[O-])cc1. The summed E-state index contributed by atoms with van der Waals surface area (Å²) in [6, 6.07) is 11.4. The van der Waals surface area contributed by atoms with Gasteiger partial charge in [0, 0.05) is 23.3 Å². The zero-order valence-electron chi connectivity index (χ0n) is 16.9. The van der Waals surface area contributed by atoms with E-state index in [9.17, 15) is 29.8 Å². The number of aryl methyl sites for hydroxylation is 1. The van der Waals surface area contributed by atoms with Crippen molar-refractivity contribution >= 4 is 34.8 Å². The van der Waals surface area contributed by atoms with Gasteiger partial charge in [-0.05, 0) is 31.2 Å². The molecule has 0 bridgehead atoms. The monoisotopic (exact) mass is 452 g/mol. The van der Waals surface area contributed by atoms with Crippen molar-refractivity contribution in [3.05, 3.63) is 91.8 Å². The van der Waals surface area contributed by atoms with Crippen LogP contribution in [0.25, 0.3) is 0 Å². The fourth-order valence-corrected chi connectivity index (χ4v) is 2.55. The van der Waals surface area contributed by atoms with Crippen molar-refractivity contribution in [1.29, 1.82) is 0 Å². The van der Waals surface area contributed by atoms with E-state index in [1.807, 2.05) is 6.92 Å². The smallest absolute Gasteiger partial charge is 0.276 e. The molecule has 4 N–H and O–H groups in total. The number of nitrogens with one attached hydrogen (secondary N) is 4. The first-order valence-corrected chi connectivity index (χ1v) is 9.19. The Morgan fingerprint density at radius 2 is 1.21 bits per heavy atom. The second-order valence-corrected chi connectivity index (χ2v) is 6.50. The van der Waals surface area contributed by atoms with Gasteiger partial charge in [-0.2, -0.15) is 0 Å². The fraction of sp³-hybridized carbons (Fsp3) is 0.0526. The number of hydrogen-bond acceptors (Lipinski definition) is 10. The zero-order chi connectivity index (χ0) is 24.0. The van der Waals surface area contributed by atoms with Gasteiger partial charge >= 0.3 is 5.69 Å². The van der Waals surface area contributed by atoms with Gasteiger partial charge < -0.3 is 0 Å². The number of carbonyl (C=O) groups excluding carboxylic acids is 2. The second-order valence-electron chi connectivity index (χ2n) is 6.50. The molecule has 1 heterocycles. The molecule has 0 radical (unpaired) electrons. The molecule has 0 aliphatic heterocycles. The van der Waals surface area contributed by atoms with Gasteiger partial charge in [0.1, 0.15) is 6.33 Å². The van der Waals surface area contributed by atoms with Crippen molar-refractivity contribution in [3.8, 4) is 0 Å². The van der Waals surface area contributed by atoms with Crippen LogP contribution in [0, 0.1) is 27.2 Å². The van der Waals surface area contributed by atoms with E-state index in [2.05, 4.69) is 31.7 Å². The molecule has 0 fully saturated rings. The fourth-order valence-electron chi connectivity index (χ4n) is 2.55. The predicted molar refractivity (Wildman–Crippen MR) is 115 cm³/mol. The number of rotatable bonds is 8. The van der Waals surface area contributed by atoms with Gasteiger partial charge in [-0.15, -0.1) is 0 Å². The van der Waals surface area contributed by atoms with Crippen LogP contribution >= 0.6 is 0 Å². The van der Waals surface area contributed by atoms with Gasteiger partial charge in [0.05, 0.1) is 9.85 Å². The van der Waals surface area contributed by atoms with Gasteiger partial charge in [-0.25, -0.2) is 9.97 Å². The summed E-state index contributed by atoms with van der Waals surface area (Å²) >= 11 is 0. The summed E-state index contributed by atoms with van der Waals surface area (Å²) in [6.45, 7) is 1.86. The van der Waals surface area contributed by atoms with Crippen molar-refractivity contribution in [2.75, 3.05) is 10.9 Å². The normalized spacial score (nSPS) is 10.1. The average molecular weight is 452 g/mol. The summed E-state index contributed by atoms with van der Waals surface area (Å²) < 4.78 is 0. The van der Waals surface area contributed by atoms with Crippen molar-refractivity contribution in [1.82, 2.24) is 20.8 Å². The van der Waals surface area contributed by atoms with E-state index in [-0.39, 0.29) is 22.9 Å². The van der Waals surface area contributed by atoms with Gasteiger partial charge in [0.2, 0.25) is 11.6 Å². The Morgan fingerprint density at radius 1 is 0.758 bits per heavy atom. The van der Waals surface area contributed by atoms with E-state index in [0.29, 0.717) is 5.56 Å². The highest BCUT2D eigenvalue weighted by Crippen LogP contribution is 2.27. The maximum atomic E-state index is 12.2. The van der Waals surface area contributed by atoms with Crippen LogP contribution in [0.3, 0.4) is 0 Å². The first-order chi connectivity index (χ1) is 15.8. The van der Waals surface area contributed by atoms with Crippen LogP contribution in [0.5, 0.6) is 0 Å². The summed E-state index contributed by atoms with van der Waals surface area (Å²) in [5, 5.41) is 22.3. The van der Waals surface area contributed by atoms with E-state index >= 15 is 0 Å². The Kier molecular flexibility index (Phi) is 6.68. The van der Waals surface area contributed by atoms with E-state index in [0.717, 1.165) is 24.0 Å². The van der Waals surface area contributed by atoms with Crippen LogP contribution in [0.1, 0.15) is 26.3 Å². The van der Waals surface area contributed by atoms with Crippen molar-refractivity contribution in [2.24, 2.45) is 0 Å². The standard InChI is InChI=1S/C19H16N8O6/c1-11-2-4-12(5-3-11)18(28)24-22-16-15(27(32)33)17(21-10-20-16)23-25-19(29)13-6-8-14(9-7-13)26(30)31/h2-10H,1H3,(H,24,28)(H,25,29)(H2,20,21,22,23). The molecule has 0 saturated heterocycles. The second kappa shape index (κ2) is 9.78. The Labute approximate surface area is 185 Å². The highest BCUT2D eigenvalue weighted by atomic mass is 16.6. The highest BCUT2D eigenvalue weighted by Gasteiger charge is 2.24. The molecule has 0 spiro atoms. The third kappa shape index (κ3) is 5.52. The molecule has 14 heteroatoms. The number of amides is 2. The molecule has 2 aromatic carbocycles. The third-order valence-corrected chi connectivity index (χ3v) is 4.25. The van der Waals surface area contributed by atoms with Gasteiger partial charge in [-0.3, -0.25) is 51.5 Å². The summed E-state index contributed by atoms with van der Waals surface area (Å²) in [5.41, 5.74) is 9.71. The number of hydrazine groups is 2. The first kappa shape index (κ1) is 22.5. The summed E-state index contributed by atoms with van der Waals surface area (Å²) in [6.07, 6.45) is 0.980. The average Bonchev–Trinajstić information content (AvgIpc) is 2.81. The van der Waals surface area contributed by atoms with Gasteiger partial charge in [0.15, 0.2) is 0 Å². The molecule has 2 amide bonds. The Balaban J connectivity index is 1.71. The van der Waals surface area contributed by atoms with Crippen LogP contribution < -0.4 is 21.7 Å². The molecule has 0 saturated carbocycles. The predicted octanol–water partition coefficient (Wildman–Crippen LogP) is 2.12. The van der Waals surface area contributed by atoms with Gasteiger partial charge in [-0.1, -0.05) is 17.7 Å². The Hall–Kier alpha value is -5.14. The van der Waals surface area contributed by atoms with Crippen molar-refractivity contribution in [3.63, 3.8) is 0 Å². The molecule has 33 heavy (non-hydrogen) atoms. The number of aromatic nitrogens is 2. The molecule has 0 aliphatic rings. The highest BCUT2D eigenvalue weighted by molar-refractivity contribution is 5.96. The minimum Gasteiger partial charge on any atom is -0.276 e. The topological polar surface area (TPSA) is 194 Å². The number of hydrogen-bond donors (Lipinski definition) is 4. The minimum absolute atomic E-state index is 0.0634. The van der Waals surface area contributed by atoms with Gasteiger partial charge in [0.25, 0.3) is 17.5 Å². The van der Waals surface area contributed by atoms with Crippen LogP contribution in [-0.2, 0) is 0 Å². The van der Waals surface area contributed by atoms with Crippen LogP contribution in [0.4, 0.5) is 23.0 Å². The number of anilines is 2. The molecule has 14 nitrogen and oxygen atoms in total. The van der Waals surface area contributed by atoms with Crippen LogP contribution in [0.2, 0.25) is 0 Å². The number of non-ortho nitro benzene ring substituents is 1. The maximum absolute atomic E-state index is 12.2. The zero-order valence-corrected chi connectivity index (χ0v) is 16.9. The number of carbonyl (C=O) groups is 2. The molecule has 0 aliphatic carbocycles. The lowest BCUT2D eigenvalue weighted by molar-refractivity contribution is -0.384. The van der Waals surface area contributed by atoms with E-state index in [1.54, 1.807) is 24.3 Å². The molecular formula is C19H16N8O6. The number of benzene rings is 2. The van der Waals surface area contributed by atoms with Crippen LogP contribution in [0.15, 0.2) is 54.9 Å².